The van der Waals surface area contributed by atoms with E-state index in [1.165, 1.54) is 4.31 Å². The van der Waals surface area contributed by atoms with Crippen molar-refractivity contribution < 1.29 is 22.7 Å². The molecule has 0 spiro atoms. The maximum Gasteiger partial charge on any atom is 0.264 e. The number of hydrogen-bond donors (Lipinski definition) is 1. The van der Waals surface area contributed by atoms with E-state index < -0.39 is 10.0 Å². The summed E-state index contributed by atoms with van der Waals surface area (Å²) in [6, 6.07) is 29.1. The van der Waals surface area contributed by atoms with Crippen molar-refractivity contribution in [3.8, 4) is 11.5 Å². The number of ether oxygens (including phenoxy) is 2. The number of nitrogens with one attached hydrogen (secondary N) is 1. The highest BCUT2D eigenvalue weighted by atomic mass is 79.9. The lowest BCUT2D eigenvalue weighted by Crippen LogP contribution is -2.31. The number of aryl methyl sites for hydroxylation is 1. The third-order valence-corrected chi connectivity index (χ3v) is 8.81. The lowest BCUT2D eigenvalue weighted by Gasteiger charge is -2.27. The van der Waals surface area contributed by atoms with Crippen molar-refractivity contribution in [3.63, 3.8) is 0 Å². The van der Waals surface area contributed by atoms with Crippen LogP contribution in [0, 0.1) is 6.92 Å². The molecule has 214 valence electrons. The van der Waals surface area contributed by atoms with E-state index in [1.54, 1.807) is 49.6 Å². The zero-order chi connectivity index (χ0) is 29.2. The molecule has 0 aliphatic carbocycles. The molecule has 0 unspecified atom stereocenters. The van der Waals surface area contributed by atoms with E-state index in [1.807, 2.05) is 61.5 Å². The Bertz CT molecular complexity index is 1560. The van der Waals surface area contributed by atoms with Crippen LogP contribution in [0.1, 0.15) is 29.5 Å². The van der Waals surface area contributed by atoms with Gasteiger partial charge in [0, 0.05) is 29.1 Å². The van der Waals surface area contributed by atoms with Gasteiger partial charge in [0.25, 0.3) is 10.0 Å². The number of halogens is 1. The first kappa shape index (κ1) is 30.1. The summed E-state index contributed by atoms with van der Waals surface area (Å²) in [6.45, 7) is 2.80. The molecule has 0 aromatic heterocycles. The summed E-state index contributed by atoms with van der Waals surface area (Å²) in [5.74, 6) is 1.05. The summed E-state index contributed by atoms with van der Waals surface area (Å²) in [5, 5.41) is 2.91. The number of benzene rings is 4. The van der Waals surface area contributed by atoms with E-state index in [4.69, 9.17) is 9.47 Å². The fourth-order valence-corrected chi connectivity index (χ4v) is 6.06. The number of methoxy groups -OCH3 is 1. The Morgan fingerprint density at radius 3 is 2.34 bits per heavy atom. The molecule has 4 rings (SSSR count). The predicted octanol–water partition coefficient (Wildman–Crippen LogP) is 6.64. The zero-order valence-corrected chi connectivity index (χ0v) is 25.5. The molecule has 41 heavy (non-hydrogen) atoms. The van der Waals surface area contributed by atoms with E-state index in [0.717, 1.165) is 15.6 Å². The standard InChI is InChI=1S/C32H33BrN2O5S/c1-24-9-6-7-12-30(24)35(41(37,38)29-18-15-27(33)16-19-29)23-26-14-17-28(21-31(26)39-2)40-20-8-13-32(36)34-22-25-10-4-3-5-11-25/h3-7,9-12,14-19,21H,8,13,20,22-23H2,1-2H3,(H,34,36). The van der Waals surface area contributed by atoms with Gasteiger partial charge in [-0.25, -0.2) is 8.42 Å². The first-order valence-electron chi connectivity index (χ1n) is 13.2. The van der Waals surface area contributed by atoms with Crippen molar-refractivity contribution in [2.24, 2.45) is 0 Å². The molecule has 0 fully saturated rings. The van der Waals surface area contributed by atoms with E-state index >= 15 is 0 Å². The van der Waals surface area contributed by atoms with Gasteiger partial charge in [-0.2, -0.15) is 0 Å². The molecule has 0 heterocycles. The van der Waals surface area contributed by atoms with Crippen LogP contribution in [0.15, 0.2) is 106 Å². The Morgan fingerprint density at radius 1 is 0.927 bits per heavy atom. The minimum Gasteiger partial charge on any atom is -0.496 e. The Balaban J connectivity index is 1.43. The first-order valence-corrected chi connectivity index (χ1v) is 15.5. The van der Waals surface area contributed by atoms with Crippen molar-refractivity contribution in [1.29, 1.82) is 0 Å². The second-order valence-corrected chi connectivity index (χ2v) is 12.2. The number of sulfonamides is 1. The van der Waals surface area contributed by atoms with Gasteiger partial charge in [0.1, 0.15) is 11.5 Å². The van der Waals surface area contributed by atoms with Crippen LogP contribution in [0.5, 0.6) is 11.5 Å². The Kier molecular flexibility index (Phi) is 10.4. The third-order valence-electron chi connectivity index (χ3n) is 6.51. The van der Waals surface area contributed by atoms with Gasteiger partial charge in [-0.15, -0.1) is 0 Å². The quantitative estimate of drug-likeness (QED) is 0.166. The molecule has 1 amide bonds. The van der Waals surface area contributed by atoms with Gasteiger partial charge in [0.2, 0.25) is 5.91 Å². The third kappa shape index (κ3) is 8.11. The van der Waals surface area contributed by atoms with Crippen LogP contribution in [0.25, 0.3) is 0 Å². The van der Waals surface area contributed by atoms with Gasteiger partial charge in [-0.05, 0) is 66.9 Å². The number of carbonyl (C=O) groups excluding carboxylic acids is 1. The predicted molar refractivity (Wildman–Crippen MR) is 165 cm³/mol. The molecule has 4 aromatic rings. The average Bonchev–Trinajstić information content (AvgIpc) is 2.98. The fraction of sp³-hybridized carbons (Fsp3) is 0.219. The molecule has 9 heteroatoms. The molecule has 0 atom stereocenters. The van der Waals surface area contributed by atoms with Gasteiger partial charge in [-0.1, -0.05) is 64.5 Å². The van der Waals surface area contributed by atoms with Gasteiger partial charge < -0.3 is 14.8 Å². The van der Waals surface area contributed by atoms with Gasteiger partial charge in [0.05, 0.1) is 30.8 Å². The zero-order valence-electron chi connectivity index (χ0n) is 23.0. The number of carbonyl (C=O) groups is 1. The molecular formula is C32H33BrN2O5S. The van der Waals surface area contributed by atoms with E-state index in [0.29, 0.717) is 48.7 Å². The van der Waals surface area contributed by atoms with E-state index in [2.05, 4.69) is 21.2 Å². The summed E-state index contributed by atoms with van der Waals surface area (Å²) < 4.78 is 41.4. The van der Waals surface area contributed by atoms with Crippen molar-refractivity contribution in [3.05, 3.63) is 118 Å². The molecule has 0 aliphatic rings. The highest BCUT2D eigenvalue weighted by Crippen LogP contribution is 2.33. The Labute approximate surface area is 250 Å². The number of rotatable bonds is 13. The number of amides is 1. The summed E-state index contributed by atoms with van der Waals surface area (Å²) in [5.41, 5.74) is 3.15. The summed E-state index contributed by atoms with van der Waals surface area (Å²) >= 11 is 3.37. The van der Waals surface area contributed by atoms with E-state index in [9.17, 15) is 13.2 Å². The Morgan fingerprint density at radius 2 is 1.63 bits per heavy atom. The van der Waals surface area contributed by atoms with Crippen LogP contribution in [0.3, 0.4) is 0 Å². The second-order valence-electron chi connectivity index (χ2n) is 9.44. The van der Waals surface area contributed by atoms with Crippen molar-refractivity contribution >= 4 is 37.5 Å². The maximum absolute atomic E-state index is 13.8. The molecule has 0 saturated heterocycles. The maximum atomic E-state index is 13.8. The monoisotopic (exact) mass is 636 g/mol. The van der Waals surface area contributed by atoms with Crippen molar-refractivity contribution in [2.75, 3.05) is 18.0 Å². The molecular weight excluding hydrogens is 604 g/mol. The summed E-state index contributed by atoms with van der Waals surface area (Å²) in [7, 11) is -2.34. The topological polar surface area (TPSA) is 84.9 Å². The molecule has 0 saturated carbocycles. The highest BCUT2D eigenvalue weighted by molar-refractivity contribution is 9.10. The fourth-order valence-electron chi connectivity index (χ4n) is 4.28. The molecule has 0 bridgehead atoms. The number of anilines is 1. The molecule has 7 nitrogen and oxygen atoms in total. The van der Waals surface area contributed by atoms with Crippen molar-refractivity contribution in [2.45, 2.75) is 37.8 Å². The highest BCUT2D eigenvalue weighted by Gasteiger charge is 2.27. The van der Waals surface area contributed by atoms with Crippen LogP contribution in [-0.4, -0.2) is 28.0 Å². The first-order chi connectivity index (χ1) is 19.8. The normalized spacial score (nSPS) is 11.1. The molecule has 4 aromatic carbocycles. The lowest BCUT2D eigenvalue weighted by atomic mass is 10.1. The van der Waals surface area contributed by atoms with Crippen LogP contribution in [-0.2, 0) is 27.9 Å². The van der Waals surface area contributed by atoms with E-state index in [-0.39, 0.29) is 17.3 Å². The molecule has 1 N–H and O–H groups in total. The van der Waals surface area contributed by atoms with Crippen LogP contribution in [0.2, 0.25) is 0 Å². The second kappa shape index (κ2) is 14.2. The number of para-hydroxylation sites is 1. The van der Waals surface area contributed by atoms with Crippen molar-refractivity contribution in [1.82, 2.24) is 5.32 Å². The van der Waals surface area contributed by atoms with Crippen LogP contribution >= 0.6 is 15.9 Å². The largest absolute Gasteiger partial charge is 0.496 e. The summed E-state index contributed by atoms with van der Waals surface area (Å²) in [4.78, 5) is 12.4. The molecule has 0 aliphatic heterocycles. The number of hydrogen-bond acceptors (Lipinski definition) is 5. The van der Waals surface area contributed by atoms with Crippen LogP contribution in [0.4, 0.5) is 5.69 Å². The lowest BCUT2D eigenvalue weighted by molar-refractivity contribution is -0.121. The number of nitrogens with zero attached hydrogens (tertiary/aromatic N) is 1. The Hall–Kier alpha value is -3.82. The van der Waals surface area contributed by atoms with Gasteiger partial charge >= 0.3 is 0 Å². The average molecular weight is 638 g/mol. The summed E-state index contributed by atoms with van der Waals surface area (Å²) in [6.07, 6.45) is 0.901. The van der Waals surface area contributed by atoms with Gasteiger partial charge in [0.15, 0.2) is 0 Å². The SMILES string of the molecule is COc1cc(OCCCC(=O)NCc2ccccc2)ccc1CN(c1ccccc1C)S(=O)(=O)c1ccc(Br)cc1. The van der Waals surface area contributed by atoms with Crippen LogP contribution < -0.4 is 19.1 Å². The van der Waals surface area contributed by atoms with Gasteiger partial charge in [-0.3, -0.25) is 9.10 Å². The minimum absolute atomic E-state index is 0.0336. The minimum atomic E-state index is -3.89. The molecule has 0 radical (unpaired) electrons. The smallest absolute Gasteiger partial charge is 0.264 e.